The largest absolute Gasteiger partial charge is 0.481 e. The molecule has 4 heteroatoms. The van der Waals surface area contributed by atoms with Crippen LogP contribution in [0.25, 0.3) is 0 Å². The Kier molecular flexibility index (Phi) is 8.86. The highest BCUT2D eigenvalue weighted by atomic mass is 16.5. The van der Waals surface area contributed by atoms with Crippen molar-refractivity contribution < 1.29 is 19.4 Å². The average molecular weight is 447 g/mol. The molecule has 0 aromatic heterocycles. The van der Waals surface area contributed by atoms with Gasteiger partial charge in [-0.3, -0.25) is 4.79 Å². The van der Waals surface area contributed by atoms with Crippen molar-refractivity contribution in [3.8, 4) is 0 Å². The first-order valence-corrected chi connectivity index (χ1v) is 13.3. The van der Waals surface area contributed by atoms with Crippen LogP contribution >= 0.6 is 0 Å². The van der Waals surface area contributed by atoms with Crippen molar-refractivity contribution in [2.45, 2.75) is 105 Å². The molecule has 0 spiro atoms. The van der Waals surface area contributed by atoms with Crippen molar-refractivity contribution in [3.05, 3.63) is 11.6 Å². The number of aliphatic carboxylic acids is 1. The van der Waals surface area contributed by atoms with Gasteiger partial charge in [-0.25, -0.2) is 4.79 Å². The van der Waals surface area contributed by atoms with E-state index in [4.69, 9.17) is 9.84 Å². The summed E-state index contributed by atoms with van der Waals surface area (Å²) in [6.45, 7) is 9.61. The number of carbonyl (C=O) groups excluding carboxylic acids is 1. The molecule has 0 aliphatic heterocycles. The molecule has 3 saturated carbocycles. The standard InChI is InChI=1S/C28H46O4/c1-5-32-27(31)18-21-8-6-7-9-23-22(19(2)10-12-21)16-17-28(4)24(13-14-25(23)28)20(3)11-15-26(29)30/h18-20,22-25H,5-17H2,1-4H3,(H,29,30)/b21-18+/t19?,20-,22-,23?,24-,25+,28?/m1/s1. The summed E-state index contributed by atoms with van der Waals surface area (Å²) in [6, 6.07) is 0. The summed E-state index contributed by atoms with van der Waals surface area (Å²) in [5.41, 5.74) is 1.67. The van der Waals surface area contributed by atoms with Crippen LogP contribution in [0.2, 0.25) is 0 Å². The van der Waals surface area contributed by atoms with Gasteiger partial charge in [0.25, 0.3) is 0 Å². The summed E-state index contributed by atoms with van der Waals surface area (Å²) in [7, 11) is 0. The molecule has 4 nitrogen and oxygen atoms in total. The molecule has 0 amide bonds. The molecule has 1 N–H and O–H groups in total. The van der Waals surface area contributed by atoms with Crippen molar-refractivity contribution in [2.75, 3.05) is 6.61 Å². The zero-order valence-electron chi connectivity index (χ0n) is 20.9. The summed E-state index contributed by atoms with van der Waals surface area (Å²) >= 11 is 0. The molecule has 0 aromatic carbocycles. The van der Waals surface area contributed by atoms with Crippen molar-refractivity contribution in [3.63, 3.8) is 0 Å². The Labute approximate surface area is 195 Å². The molecule has 182 valence electrons. The summed E-state index contributed by atoms with van der Waals surface area (Å²) < 4.78 is 5.16. The van der Waals surface area contributed by atoms with Crippen LogP contribution in [0.1, 0.15) is 105 Å². The molecular weight excluding hydrogens is 400 g/mol. The predicted octanol–water partition coefficient (Wildman–Crippen LogP) is 7.03. The number of esters is 1. The Hall–Kier alpha value is -1.32. The number of allylic oxidation sites excluding steroid dienone is 1. The molecule has 0 bridgehead atoms. The number of fused-ring (bicyclic) bond motifs is 3. The molecule has 0 radical (unpaired) electrons. The lowest BCUT2D eigenvalue weighted by Crippen LogP contribution is -2.44. The summed E-state index contributed by atoms with van der Waals surface area (Å²) in [6.07, 6.45) is 15.1. The van der Waals surface area contributed by atoms with E-state index in [1.807, 2.05) is 6.92 Å². The van der Waals surface area contributed by atoms with Gasteiger partial charge in [0.15, 0.2) is 0 Å². The number of rotatable bonds is 6. The van der Waals surface area contributed by atoms with Gasteiger partial charge in [0.1, 0.15) is 0 Å². The summed E-state index contributed by atoms with van der Waals surface area (Å²) in [5, 5.41) is 9.16. The van der Waals surface area contributed by atoms with Crippen molar-refractivity contribution in [1.82, 2.24) is 0 Å². The van der Waals surface area contributed by atoms with Gasteiger partial charge in [-0.15, -0.1) is 0 Å². The van der Waals surface area contributed by atoms with Gasteiger partial charge in [0.2, 0.25) is 0 Å². The number of carboxylic acids is 1. The van der Waals surface area contributed by atoms with E-state index in [-0.39, 0.29) is 5.97 Å². The smallest absolute Gasteiger partial charge is 0.330 e. The van der Waals surface area contributed by atoms with Gasteiger partial charge < -0.3 is 9.84 Å². The molecule has 7 atom stereocenters. The first kappa shape index (κ1) is 25.3. The fourth-order valence-electron chi connectivity index (χ4n) is 7.95. The van der Waals surface area contributed by atoms with Gasteiger partial charge in [0, 0.05) is 12.5 Å². The van der Waals surface area contributed by atoms with E-state index in [1.165, 1.54) is 56.9 Å². The van der Waals surface area contributed by atoms with Crippen LogP contribution in [0, 0.1) is 40.9 Å². The molecule has 3 aliphatic carbocycles. The fourth-order valence-corrected chi connectivity index (χ4v) is 7.95. The van der Waals surface area contributed by atoms with E-state index in [1.54, 1.807) is 6.08 Å². The minimum atomic E-state index is -0.655. The summed E-state index contributed by atoms with van der Waals surface area (Å²) in [4.78, 5) is 23.1. The molecule has 3 unspecified atom stereocenters. The second-order valence-electron chi connectivity index (χ2n) is 11.4. The van der Waals surface area contributed by atoms with Gasteiger partial charge >= 0.3 is 11.9 Å². The van der Waals surface area contributed by atoms with E-state index in [9.17, 15) is 9.59 Å². The minimum Gasteiger partial charge on any atom is -0.481 e. The summed E-state index contributed by atoms with van der Waals surface area (Å²) in [5.74, 6) is 3.46. The average Bonchev–Trinajstić information content (AvgIpc) is 3.10. The maximum Gasteiger partial charge on any atom is 0.330 e. The predicted molar refractivity (Wildman–Crippen MR) is 128 cm³/mol. The highest BCUT2D eigenvalue weighted by Gasteiger charge is 2.55. The lowest BCUT2D eigenvalue weighted by molar-refractivity contribution is -0.138. The molecule has 0 heterocycles. The molecule has 32 heavy (non-hydrogen) atoms. The van der Waals surface area contributed by atoms with Crippen LogP contribution in [0.4, 0.5) is 0 Å². The van der Waals surface area contributed by atoms with Gasteiger partial charge in [-0.2, -0.15) is 0 Å². The normalized spacial score (nSPS) is 37.9. The van der Waals surface area contributed by atoms with Crippen molar-refractivity contribution in [1.29, 1.82) is 0 Å². The van der Waals surface area contributed by atoms with E-state index in [0.29, 0.717) is 36.2 Å². The minimum absolute atomic E-state index is 0.174. The van der Waals surface area contributed by atoms with E-state index < -0.39 is 5.97 Å². The first-order chi connectivity index (χ1) is 15.3. The molecule has 0 saturated heterocycles. The van der Waals surface area contributed by atoms with Crippen LogP contribution in [-0.2, 0) is 14.3 Å². The Morgan fingerprint density at radius 3 is 2.62 bits per heavy atom. The maximum atomic E-state index is 12.0. The van der Waals surface area contributed by atoms with Crippen LogP contribution in [0.5, 0.6) is 0 Å². The van der Waals surface area contributed by atoms with E-state index in [0.717, 1.165) is 37.0 Å². The monoisotopic (exact) mass is 446 g/mol. The second kappa shape index (κ2) is 11.2. The highest BCUT2D eigenvalue weighted by Crippen LogP contribution is 2.63. The van der Waals surface area contributed by atoms with Crippen LogP contribution in [0.3, 0.4) is 0 Å². The zero-order chi connectivity index (χ0) is 23.3. The SMILES string of the molecule is CCOC(=O)/C=C1\CCCCC2[C@H](CCC3(C)[C@@H]([C@H](C)CCC(=O)O)CC[C@@H]23)C(C)CC1. The van der Waals surface area contributed by atoms with Gasteiger partial charge in [-0.1, -0.05) is 32.8 Å². The molecule has 3 aliphatic rings. The Balaban J connectivity index is 1.69. The second-order valence-corrected chi connectivity index (χ2v) is 11.4. The van der Waals surface area contributed by atoms with Crippen molar-refractivity contribution >= 4 is 11.9 Å². The Morgan fingerprint density at radius 2 is 1.91 bits per heavy atom. The van der Waals surface area contributed by atoms with E-state index in [2.05, 4.69) is 20.8 Å². The molecule has 0 aromatic rings. The zero-order valence-corrected chi connectivity index (χ0v) is 20.9. The Bertz CT molecular complexity index is 683. The third-order valence-electron chi connectivity index (χ3n) is 9.61. The third-order valence-corrected chi connectivity index (χ3v) is 9.61. The number of carboxylic acid groups (broad SMARTS) is 1. The van der Waals surface area contributed by atoms with Crippen LogP contribution in [-0.4, -0.2) is 23.7 Å². The lowest BCUT2D eigenvalue weighted by atomic mass is 9.53. The molecular formula is C28H46O4. The van der Waals surface area contributed by atoms with Crippen molar-refractivity contribution in [2.24, 2.45) is 40.9 Å². The van der Waals surface area contributed by atoms with E-state index >= 15 is 0 Å². The quantitative estimate of drug-likeness (QED) is 0.351. The number of hydrogen-bond donors (Lipinski definition) is 1. The number of ether oxygens (including phenoxy) is 1. The van der Waals surface area contributed by atoms with Gasteiger partial charge in [-0.05, 0) is 112 Å². The maximum absolute atomic E-state index is 12.0. The van der Waals surface area contributed by atoms with Gasteiger partial charge in [0.05, 0.1) is 6.61 Å². The first-order valence-electron chi connectivity index (χ1n) is 13.3. The highest BCUT2D eigenvalue weighted by molar-refractivity contribution is 5.82. The number of carbonyl (C=O) groups is 2. The third kappa shape index (κ3) is 5.78. The molecule has 3 fully saturated rings. The fraction of sp³-hybridized carbons (Fsp3) is 0.857. The molecule has 3 rings (SSSR count). The van der Waals surface area contributed by atoms with Crippen LogP contribution in [0.15, 0.2) is 11.6 Å². The van der Waals surface area contributed by atoms with Crippen LogP contribution < -0.4 is 0 Å². The topological polar surface area (TPSA) is 63.6 Å². The lowest BCUT2D eigenvalue weighted by Gasteiger charge is -2.52. The Morgan fingerprint density at radius 1 is 1.12 bits per heavy atom. The number of hydrogen-bond acceptors (Lipinski definition) is 3.